The number of fused-ring (bicyclic) bond motifs is 1. The molecule has 2 heterocycles. The lowest BCUT2D eigenvalue weighted by atomic mass is 10.1. The van der Waals surface area contributed by atoms with Gasteiger partial charge in [-0.05, 0) is 31.0 Å². The second-order valence-corrected chi connectivity index (χ2v) is 5.51. The van der Waals surface area contributed by atoms with Crippen LogP contribution in [0.25, 0.3) is 10.9 Å². The number of alkyl halides is 5. The number of rotatable bonds is 2. The van der Waals surface area contributed by atoms with Crippen LogP contribution >= 0.6 is 0 Å². The second kappa shape index (κ2) is 5.50. The van der Waals surface area contributed by atoms with E-state index in [0.717, 1.165) is 0 Å². The molecule has 1 aromatic carbocycles. The Morgan fingerprint density at radius 2 is 1.96 bits per heavy atom. The first-order valence-corrected chi connectivity index (χ1v) is 7.06. The number of hydrogen-bond acceptors (Lipinski definition) is 2. The number of anilines is 1. The van der Waals surface area contributed by atoms with Gasteiger partial charge in [0.05, 0.1) is 11.6 Å². The summed E-state index contributed by atoms with van der Waals surface area (Å²) in [6.45, 7) is 0.366. The maximum Gasteiger partial charge on any atom is 0.417 e. The molecule has 0 aliphatic carbocycles. The monoisotopic (exact) mass is 332 g/mol. The third kappa shape index (κ3) is 2.89. The summed E-state index contributed by atoms with van der Waals surface area (Å²) in [5.41, 5.74) is -1.59. The molecule has 124 valence electrons. The number of nitrogens with zero attached hydrogens (tertiary/aromatic N) is 1. The molecule has 1 aliphatic heterocycles. The van der Waals surface area contributed by atoms with Crippen LogP contribution in [0.1, 0.15) is 18.4 Å². The molecule has 0 radical (unpaired) electrons. The molecule has 23 heavy (non-hydrogen) atoms. The summed E-state index contributed by atoms with van der Waals surface area (Å²) in [6.07, 6.45) is -6.40. The van der Waals surface area contributed by atoms with E-state index in [4.69, 9.17) is 0 Å². The van der Waals surface area contributed by atoms with Crippen molar-refractivity contribution in [2.75, 3.05) is 11.4 Å². The van der Waals surface area contributed by atoms with E-state index in [-0.39, 0.29) is 10.9 Å². The fourth-order valence-electron chi connectivity index (χ4n) is 3.03. The van der Waals surface area contributed by atoms with E-state index in [1.54, 1.807) is 0 Å². The Morgan fingerprint density at radius 3 is 2.61 bits per heavy atom. The molecule has 0 spiro atoms. The zero-order valence-electron chi connectivity index (χ0n) is 11.8. The molecule has 3 nitrogen and oxygen atoms in total. The van der Waals surface area contributed by atoms with Gasteiger partial charge in [0, 0.05) is 29.2 Å². The Labute approximate surface area is 127 Å². The molecule has 2 aromatic rings. The van der Waals surface area contributed by atoms with Crippen molar-refractivity contribution >= 4 is 16.6 Å². The molecule has 0 bridgehead atoms. The van der Waals surface area contributed by atoms with Crippen LogP contribution in [0.5, 0.6) is 0 Å². The van der Waals surface area contributed by atoms with Crippen LogP contribution < -0.4 is 10.5 Å². The summed E-state index contributed by atoms with van der Waals surface area (Å²) < 4.78 is 65.5. The van der Waals surface area contributed by atoms with E-state index in [2.05, 4.69) is 4.98 Å². The van der Waals surface area contributed by atoms with Gasteiger partial charge in [0.2, 0.25) is 5.56 Å². The van der Waals surface area contributed by atoms with Gasteiger partial charge in [-0.3, -0.25) is 4.79 Å². The van der Waals surface area contributed by atoms with Crippen molar-refractivity contribution in [1.82, 2.24) is 4.98 Å². The van der Waals surface area contributed by atoms with Gasteiger partial charge in [0.25, 0.3) is 6.43 Å². The maximum atomic E-state index is 13.1. The molecule has 8 heteroatoms. The predicted octanol–water partition coefficient (Wildman–Crippen LogP) is 3.78. The number of aromatic amines is 1. The summed E-state index contributed by atoms with van der Waals surface area (Å²) in [6, 6.07) is 3.49. The number of pyridine rings is 1. The predicted molar refractivity (Wildman–Crippen MR) is 75.9 cm³/mol. The van der Waals surface area contributed by atoms with E-state index in [1.165, 1.54) is 23.1 Å². The van der Waals surface area contributed by atoms with Gasteiger partial charge in [-0.15, -0.1) is 0 Å². The fourth-order valence-corrected chi connectivity index (χ4v) is 3.03. The van der Waals surface area contributed by atoms with E-state index in [9.17, 15) is 26.7 Å². The Morgan fingerprint density at radius 1 is 1.22 bits per heavy atom. The largest absolute Gasteiger partial charge is 0.417 e. The molecule has 1 aliphatic rings. The molecule has 1 fully saturated rings. The van der Waals surface area contributed by atoms with E-state index in [1.807, 2.05) is 0 Å². The standard InChI is InChI=1S/C15H13F5N2O/c16-14(17)12-2-1-5-22(12)8-3-4-11-9(6-8)10(15(18,19)20)7-13(23)21-11/h3-4,6-7,12,14H,1-2,5H2,(H,21,23). The number of hydrogen-bond donors (Lipinski definition) is 1. The van der Waals surface area contributed by atoms with Crippen molar-refractivity contribution in [3.63, 3.8) is 0 Å². The SMILES string of the molecule is O=c1cc(C(F)(F)F)c2cc(N3CCCC3C(F)F)ccc2[nH]1. The first-order valence-electron chi connectivity index (χ1n) is 7.06. The highest BCUT2D eigenvalue weighted by atomic mass is 19.4. The molecule has 1 unspecified atom stereocenters. The fraction of sp³-hybridized carbons (Fsp3) is 0.400. The Balaban J connectivity index is 2.15. The number of benzene rings is 1. The highest BCUT2D eigenvalue weighted by Gasteiger charge is 2.35. The lowest BCUT2D eigenvalue weighted by molar-refractivity contribution is -0.136. The number of nitrogens with one attached hydrogen (secondary N) is 1. The van der Waals surface area contributed by atoms with E-state index >= 15 is 0 Å². The number of aromatic nitrogens is 1. The summed E-state index contributed by atoms with van der Waals surface area (Å²) in [5, 5.41) is -0.200. The molecule has 1 saturated heterocycles. The third-order valence-corrected chi connectivity index (χ3v) is 4.05. The Hall–Kier alpha value is -2.12. The molecular weight excluding hydrogens is 319 g/mol. The van der Waals surface area contributed by atoms with Crippen LogP contribution in [-0.4, -0.2) is 24.0 Å². The molecule has 3 rings (SSSR count). The average molecular weight is 332 g/mol. The van der Waals surface area contributed by atoms with Gasteiger partial charge in [0.1, 0.15) is 0 Å². The highest BCUT2D eigenvalue weighted by molar-refractivity contribution is 5.86. The van der Waals surface area contributed by atoms with Crippen molar-refractivity contribution in [2.45, 2.75) is 31.5 Å². The van der Waals surface area contributed by atoms with Crippen LogP contribution in [0.3, 0.4) is 0 Å². The maximum absolute atomic E-state index is 13.1. The normalized spacial score (nSPS) is 19.0. The quantitative estimate of drug-likeness (QED) is 0.850. The number of H-pyrrole nitrogens is 1. The van der Waals surface area contributed by atoms with Gasteiger partial charge < -0.3 is 9.88 Å². The van der Waals surface area contributed by atoms with Crippen molar-refractivity contribution in [3.05, 3.63) is 40.2 Å². The minimum absolute atomic E-state index is 0.0290. The van der Waals surface area contributed by atoms with Gasteiger partial charge in [-0.1, -0.05) is 0 Å². The summed E-state index contributed by atoms with van der Waals surface area (Å²) in [7, 11) is 0. The van der Waals surface area contributed by atoms with Crippen LogP contribution in [0.15, 0.2) is 29.1 Å². The van der Waals surface area contributed by atoms with Crippen molar-refractivity contribution in [2.24, 2.45) is 0 Å². The first-order chi connectivity index (χ1) is 10.8. The van der Waals surface area contributed by atoms with Crippen molar-refractivity contribution < 1.29 is 22.0 Å². The van der Waals surface area contributed by atoms with Crippen LogP contribution in [-0.2, 0) is 6.18 Å². The number of halogens is 5. The van der Waals surface area contributed by atoms with Gasteiger partial charge in [-0.25, -0.2) is 8.78 Å². The summed E-state index contributed by atoms with van der Waals surface area (Å²) in [4.78, 5) is 15.1. The van der Waals surface area contributed by atoms with Gasteiger partial charge in [0.15, 0.2) is 0 Å². The molecular formula is C15H13F5N2O. The van der Waals surface area contributed by atoms with Crippen LogP contribution in [0, 0.1) is 0 Å². The molecule has 0 amide bonds. The average Bonchev–Trinajstić information content (AvgIpc) is 2.94. The highest BCUT2D eigenvalue weighted by Crippen LogP contribution is 2.36. The molecule has 1 N–H and O–H groups in total. The Kier molecular flexibility index (Phi) is 3.77. The minimum atomic E-state index is -4.70. The molecule has 0 saturated carbocycles. The minimum Gasteiger partial charge on any atom is -0.363 e. The van der Waals surface area contributed by atoms with Crippen molar-refractivity contribution in [1.29, 1.82) is 0 Å². The first kappa shape index (κ1) is 15.8. The van der Waals surface area contributed by atoms with E-state index < -0.39 is 29.8 Å². The molecule has 1 atom stereocenters. The summed E-state index contributed by atoms with van der Waals surface area (Å²) >= 11 is 0. The molecule has 1 aromatic heterocycles. The van der Waals surface area contributed by atoms with Gasteiger partial charge >= 0.3 is 6.18 Å². The lowest BCUT2D eigenvalue weighted by Crippen LogP contribution is -2.34. The lowest BCUT2D eigenvalue weighted by Gasteiger charge is -2.26. The topological polar surface area (TPSA) is 36.1 Å². The zero-order valence-corrected chi connectivity index (χ0v) is 11.8. The second-order valence-electron chi connectivity index (χ2n) is 5.51. The zero-order chi connectivity index (χ0) is 16.8. The smallest absolute Gasteiger partial charge is 0.363 e. The summed E-state index contributed by atoms with van der Waals surface area (Å²) in [5.74, 6) is 0. The van der Waals surface area contributed by atoms with Crippen molar-refractivity contribution in [3.8, 4) is 0 Å². The van der Waals surface area contributed by atoms with Crippen LogP contribution in [0.4, 0.5) is 27.6 Å². The third-order valence-electron chi connectivity index (χ3n) is 4.05. The van der Waals surface area contributed by atoms with Gasteiger partial charge in [-0.2, -0.15) is 13.2 Å². The Bertz CT molecular complexity index is 784. The van der Waals surface area contributed by atoms with Crippen LogP contribution in [0.2, 0.25) is 0 Å². The van der Waals surface area contributed by atoms with E-state index in [0.29, 0.717) is 31.1 Å².